The van der Waals surface area contributed by atoms with Crippen LogP contribution in [-0.2, 0) is 42.7 Å². The molecule has 2 saturated carbocycles. The molecule has 0 spiro atoms. The first-order valence-corrected chi connectivity index (χ1v) is 20.7. The lowest BCUT2D eigenvalue weighted by molar-refractivity contribution is -0.391. The number of fused-ring (bicyclic) bond motifs is 3. The molecular weight excluding hydrogens is 762 g/mol. The van der Waals surface area contributed by atoms with Crippen LogP contribution in [0.3, 0.4) is 0 Å². The van der Waals surface area contributed by atoms with Gasteiger partial charge in [0.2, 0.25) is 0 Å². The Morgan fingerprint density at radius 1 is 1.05 bits per heavy atom. The Hall–Kier alpha value is -3.82. The van der Waals surface area contributed by atoms with Crippen LogP contribution >= 0.6 is 0 Å². The predicted molar refractivity (Wildman–Crippen MR) is 214 cm³/mol. The quantitative estimate of drug-likeness (QED) is 0.143. The van der Waals surface area contributed by atoms with Crippen LogP contribution in [0.1, 0.15) is 106 Å². The molecule has 1 aromatic rings. The summed E-state index contributed by atoms with van der Waals surface area (Å²) in [5, 5.41) is 27.0. The van der Waals surface area contributed by atoms with Gasteiger partial charge in [-0.15, -0.1) is 0 Å². The van der Waals surface area contributed by atoms with E-state index in [0.29, 0.717) is 17.6 Å². The zero-order valence-electron chi connectivity index (χ0n) is 36.2. The lowest BCUT2D eigenvalue weighted by Gasteiger charge is -2.67. The Labute approximate surface area is 347 Å². The molecule has 2 aliphatic heterocycles. The number of rotatable bonds is 11. The topological polar surface area (TPSA) is 185 Å². The molecule has 3 N–H and O–H groups in total. The molecule has 1 aromatic carbocycles. The van der Waals surface area contributed by atoms with Crippen LogP contribution in [0.5, 0.6) is 0 Å². The van der Waals surface area contributed by atoms with E-state index >= 15 is 0 Å². The minimum atomic E-state index is -1.79. The molecule has 6 rings (SSSR count). The molecule has 2 saturated heterocycles. The fourth-order valence-electron chi connectivity index (χ4n) is 11.1. The average molecular weight is 826 g/mol. The second kappa shape index (κ2) is 15.9. The van der Waals surface area contributed by atoms with E-state index in [1.54, 1.807) is 78.0 Å². The van der Waals surface area contributed by atoms with Gasteiger partial charge < -0.3 is 48.7 Å². The van der Waals surface area contributed by atoms with Gasteiger partial charge in [0.1, 0.15) is 23.9 Å². The summed E-state index contributed by atoms with van der Waals surface area (Å²) in [5.41, 5.74) is -4.92. The van der Waals surface area contributed by atoms with Crippen molar-refractivity contribution in [1.29, 1.82) is 0 Å². The largest absolute Gasteiger partial charge is 0.457 e. The van der Waals surface area contributed by atoms with Crippen molar-refractivity contribution in [2.24, 2.45) is 28.6 Å². The second-order valence-corrected chi connectivity index (χ2v) is 19.3. The first-order chi connectivity index (χ1) is 27.4. The summed E-state index contributed by atoms with van der Waals surface area (Å²) >= 11 is 0. The Balaban J connectivity index is 1.52. The fourth-order valence-corrected chi connectivity index (χ4v) is 11.1. The lowest BCUT2D eigenvalue weighted by Crippen LogP contribution is -2.80. The van der Waals surface area contributed by atoms with Gasteiger partial charge >= 0.3 is 24.0 Å². The standard InChI is InChI=1S/C45H63NO13/c1-13-32-55-30-20-31-45(22-53-31,58-26(6)47)35-37(57-38(49)27-17-15-14-16-18-27)44(42(10,11)52)21-29(24(4)33(44)25(5)36(56-32)43(30,35)12)54-39(50)34(48)28(19-23(2)3)46-40(51)59-41(7,8)9/h13-18,23,25,28-32,34-37,48,52H,1,19-22H2,2-12H3,(H,46,51)/t25-,28-,29-,30-,31+,32?,34+,35-,36?,37-,43+,44-,45-/m0/s1. The molecule has 0 aromatic heterocycles. The van der Waals surface area contributed by atoms with Gasteiger partial charge in [-0.25, -0.2) is 14.4 Å². The number of amides is 1. The molecule has 2 unspecified atom stereocenters. The molecule has 2 heterocycles. The number of benzene rings is 1. The number of ether oxygens (including phenoxy) is 7. The number of hydrogen-bond acceptors (Lipinski definition) is 13. The minimum Gasteiger partial charge on any atom is -0.457 e. The summed E-state index contributed by atoms with van der Waals surface area (Å²) in [6.07, 6.45) is -5.55. The molecule has 0 radical (unpaired) electrons. The number of nitrogens with one attached hydrogen (secondary N) is 1. The van der Waals surface area contributed by atoms with Crippen molar-refractivity contribution in [3.8, 4) is 0 Å². The van der Waals surface area contributed by atoms with Crippen molar-refractivity contribution >= 4 is 24.0 Å². The zero-order valence-corrected chi connectivity index (χ0v) is 36.2. The number of carbonyl (C=O) groups excluding carboxylic acids is 4. The molecule has 59 heavy (non-hydrogen) atoms. The van der Waals surface area contributed by atoms with E-state index in [-0.39, 0.29) is 30.9 Å². The average Bonchev–Trinajstić information content (AvgIpc) is 3.39. The lowest BCUT2D eigenvalue weighted by atomic mass is 9.49. The Kier molecular flexibility index (Phi) is 12.1. The summed E-state index contributed by atoms with van der Waals surface area (Å²) in [5.74, 6) is -3.69. The third-order valence-corrected chi connectivity index (χ3v) is 13.3. The summed E-state index contributed by atoms with van der Waals surface area (Å²) in [6, 6.07) is 7.43. The summed E-state index contributed by atoms with van der Waals surface area (Å²) in [6.45, 7) is 23.2. The van der Waals surface area contributed by atoms with E-state index in [4.69, 9.17) is 33.2 Å². The van der Waals surface area contributed by atoms with Crippen molar-refractivity contribution in [2.45, 2.75) is 161 Å². The highest BCUT2D eigenvalue weighted by Crippen LogP contribution is 2.70. The molecule has 4 fully saturated rings. The van der Waals surface area contributed by atoms with Crippen LogP contribution < -0.4 is 5.32 Å². The van der Waals surface area contributed by atoms with Crippen LogP contribution in [0.2, 0.25) is 0 Å². The van der Waals surface area contributed by atoms with E-state index in [2.05, 4.69) is 11.9 Å². The number of alkyl carbamates (subject to hydrolysis) is 1. The monoisotopic (exact) mass is 825 g/mol. The number of hydrogen-bond donors (Lipinski definition) is 3. The van der Waals surface area contributed by atoms with E-state index in [1.165, 1.54) is 6.92 Å². The van der Waals surface area contributed by atoms with E-state index in [0.717, 1.165) is 0 Å². The first kappa shape index (κ1) is 44.7. The molecule has 5 aliphatic rings. The van der Waals surface area contributed by atoms with Crippen molar-refractivity contribution in [3.05, 3.63) is 59.7 Å². The number of aliphatic hydroxyl groups is 2. The van der Waals surface area contributed by atoms with Gasteiger partial charge in [-0.1, -0.05) is 52.5 Å². The zero-order chi connectivity index (χ0) is 43.6. The molecule has 3 aliphatic carbocycles. The van der Waals surface area contributed by atoms with Crippen molar-refractivity contribution in [3.63, 3.8) is 0 Å². The van der Waals surface area contributed by atoms with Crippen LogP contribution in [0.4, 0.5) is 4.79 Å². The van der Waals surface area contributed by atoms with Gasteiger partial charge in [0, 0.05) is 31.1 Å². The summed E-state index contributed by atoms with van der Waals surface area (Å²) < 4.78 is 44.4. The van der Waals surface area contributed by atoms with Crippen LogP contribution in [0, 0.1) is 28.6 Å². The minimum absolute atomic E-state index is 0.0118. The highest BCUT2D eigenvalue weighted by molar-refractivity contribution is 5.89. The maximum absolute atomic E-state index is 14.5. The molecule has 326 valence electrons. The summed E-state index contributed by atoms with van der Waals surface area (Å²) in [7, 11) is 0. The smallest absolute Gasteiger partial charge is 0.407 e. The molecule has 14 heteroatoms. The molecule has 14 nitrogen and oxygen atoms in total. The third-order valence-electron chi connectivity index (χ3n) is 13.3. The molecular formula is C45H63NO13. The SMILES string of the molecule is C=CC1OC2[C@@H](C)C3=C(C)[C@@H](OC(=O)[C@H](O)[C@H](CC(C)C)NC(=O)OC(C)(C)C)C[C@@]3(C(C)(C)O)[C@@H](OC(=O)c3ccccc3)[C@@H]3[C@]4(OC(C)=O)CO[C@@H]4C[C@H](O1)[C@@]23C. The normalized spacial score (nSPS) is 36.0. The van der Waals surface area contributed by atoms with Gasteiger partial charge in [0.25, 0.3) is 0 Å². The van der Waals surface area contributed by atoms with Crippen LogP contribution in [0.25, 0.3) is 0 Å². The van der Waals surface area contributed by atoms with Gasteiger partial charge in [0.15, 0.2) is 18.0 Å². The highest BCUT2D eigenvalue weighted by Gasteiger charge is 2.80. The van der Waals surface area contributed by atoms with Gasteiger partial charge in [-0.2, -0.15) is 0 Å². The Morgan fingerprint density at radius 3 is 2.25 bits per heavy atom. The summed E-state index contributed by atoms with van der Waals surface area (Å²) in [4.78, 5) is 54.6. The van der Waals surface area contributed by atoms with Crippen LogP contribution in [-0.4, -0.2) is 107 Å². The third kappa shape index (κ3) is 7.73. The number of esters is 3. The second-order valence-electron chi connectivity index (χ2n) is 19.3. The first-order valence-electron chi connectivity index (χ1n) is 20.7. The van der Waals surface area contributed by atoms with Crippen molar-refractivity contribution in [1.82, 2.24) is 5.32 Å². The van der Waals surface area contributed by atoms with E-state index in [1.807, 2.05) is 27.7 Å². The number of aliphatic hydroxyl groups excluding tert-OH is 1. The maximum Gasteiger partial charge on any atom is 0.407 e. The van der Waals surface area contributed by atoms with E-state index < -0.39 is 112 Å². The Morgan fingerprint density at radius 2 is 1.71 bits per heavy atom. The Bertz CT molecular complexity index is 1830. The predicted octanol–water partition coefficient (Wildman–Crippen LogP) is 5.57. The molecule has 0 bridgehead atoms. The maximum atomic E-state index is 14.5. The van der Waals surface area contributed by atoms with Crippen LogP contribution in [0.15, 0.2) is 54.1 Å². The van der Waals surface area contributed by atoms with Gasteiger partial charge in [0.05, 0.1) is 47.4 Å². The highest BCUT2D eigenvalue weighted by atomic mass is 16.7. The van der Waals surface area contributed by atoms with Crippen molar-refractivity contribution in [2.75, 3.05) is 6.61 Å². The molecule has 1 amide bonds. The fraction of sp³-hybridized carbons (Fsp3) is 0.689. The van der Waals surface area contributed by atoms with Crippen molar-refractivity contribution < 1.29 is 62.5 Å². The van der Waals surface area contributed by atoms with E-state index in [9.17, 15) is 29.4 Å². The van der Waals surface area contributed by atoms with Gasteiger partial charge in [-0.05, 0) is 83.2 Å². The molecule has 13 atom stereocenters. The van der Waals surface area contributed by atoms with Gasteiger partial charge in [-0.3, -0.25) is 4.79 Å². The number of carbonyl (C=O) groups is 4.